The first kappa shape index (κ1) is 14.6. The molecule has 2 rings (SSSR count). The summed E-state index contributed by atoms with van der Waals surface area (Å²) in [6.45, 7) is 2.53. The number of rotatable bonds is 3. The van der Waals surface area contributed by atoms with Gasteiger partial charge in [-0.1, -0.05) is 0 Å². The standard InChI is InChI=1S/C13H18N2O4S/c1-3-19-13(16)14-11-6-7-12-10(9-11)5-4-8-15(12)20(2,17)18/h6-7,9H,3-5,8H2,1-2H3,(H,14,16). The lowest BCUT2D eigenvalue weighted by Crippen LogP contribution is -2.34. The summed E-state index contributed by atoms with van der Waals surface area (Å²) in [5.41, 5.74) is 2.21. The maximum Gasteiger partial charge on any atom is 0.411 e. The van der Waals surface area contributed by atoms with Crippen LogP contribution in [0, 0.1) is 0 Å². The first-order valence-corrected chi connectivity index (χ1v) is 8.31. The minimum Gasteiger partial charge on any atom is -0.450 e. The highest BCUT2D eigenvalue weighted by molar-refractivity contribution is 7.92. The van der Waals surface area contributed by atoms with Gasteiger partial charge in [0.1, 0.15) is 0 Å². The lowest BCUT2D eigenvalue weighted by atomic mass is 10.0. The van der Waals surface area contributed by atoms with E-state index in [0.717, 1.165) is 18.4 Å². The number of anilines is 2. The fourth-order valence-corrected chi connectivity index (χ4v) is 3.27. The smallest absolute Gasteiger partial charge is 0.411 e. The number of benzene rings is 1. The van der Waals surface area contributed by atoms with Gasteiger partial charge in [-0.15, -0.1) is 0 Å². The summed E-state index contributed by atoms with van der Waals surface area (Å²) in [5.74, 6) is 0. The van der Waals surface area contributed by atoms with Gasteiger partial charge in [0.2, 0.25) is 10.0 Å². The molecule has 1 aliphatic rings. The zero-order valence-corrected chi connectivity index (χ0v) is 12.4. The molecule has 0 saturated heterocycles. The minimum absolute atomic E-state index is 0.304. The van der Waals surface area contributed by atoms with Gasteiger partial charge in [0.05, 0.1) is 18.6 Å². The van der Waals surface area contributed by atoms with E-state index >= 15 is 0 Å². The van der Waals surface area contributed by atoms with Crippen LogP contribution in [0.15, 0.2) is 18.2 Å². The van der Waals surface area contributed by atoms with Crippen LogP contribution in [-0.2, 0) is 21.2 Å². The third kappa shape index (κ3) is 3.22. The Morgan fingerprint density at radius 2 is 2.20 bits per heavy atom. The van der Waals surface area contributed by atoms with Crippen LogP contribution in [-0.4, -0.2) is 33.9 Å². The van der Waals surface area contributed by atoms with E-state index in [2.05, 4.69) is 5.32 Å². The normalized spacial score (nSPS) is 14.6. The van der Waals surface area contributed by atoms with E-state index in [1.807, 2.05) is 0 Å². The summed E-state index contributed by atoms with van der Waals surface area (Å²) >= 11 is 0. The van der Waals surface area contributed by atoms with Crippen LogP contribution < -0.4 is 9.62 Å². The summed E-state index contributed by atoms with van der Waals surface area (Å²) in [5, 5.41) is 2.62. The molecular formula is C13H18N2O4S. The lowest BCUT2D eigenvalue weighted by Gasteiger charge is -2.29. The minimum atomic E-state index is -3.26. The van der Waals surface area contributed by atoms with Gasteiger partial charge >= 0.3 is 6.09 Å². The molecule has 0 spiro atoms. The van der Waals surface area contributed by atoms with Gasteiger partial charge in [0.25, 0.3) is 0 Å². The third-order valence-corrected chi connectivity index (χ3v) is 4.26. The predicted molar refractivity (Wildman–Crippen MR) is 77.6 cm³/mol. The van der Waals surface area contributed by atoms with Gasteiger partial charge in [-0.25, -0.2) is 13.2 Å². The molecule has 1 amide bonds. The summed E-state index contributed by atoms with van der Waals surface area (Å²) in [4.78, 5) is 11.4. The molecule has 1 N–H and O–H groups in total. The SMILES string of the molecule is CCOC(=O)Nc1ccc2c(c1)CCCN2S(C)(=O)=O. The van der Waals surface area contributed by atoms with Gasteiger partial charge in [-0.3, -0.25) is 9.62 Å². The van der Waals surface area contributed by atoms with Crippen LogP contribution in [0.4, 0.5) is 16.2 Å². The van der Waals surface area contributed by atoms with Crippen LogP contribution in [0.5, 0.6) is 0 Å². The van der Waals surface area contributed by atoms with Crippen LogP contribution in [0.25, 0.3) is 0 Å². The number of hydrogen-bond acceptors (Lipinski definition) is 4. The highest BCUT2D eigenvalue weighted by atomic mass is 32.2. The van der Waals surface area contributed by atoms with E-state index in [0.29, 0.717) is 24.5 Å². The number of carbonyl (C=O) groups is 1. The van der Waals surface area contributed by atoms with Gasteiger partial charge in [0.15, 0.2) is 0 Å². The average Bonchev–Trinajstić information content (AvgIpc) is 2.37. The van der Waals surface area contributed by atoms with E-state index in [-0.39, 0.29) is 0 Å². The van der Waals surface area contributed by atoms with Gasteiger partial charge in [0, 0.05) is 12.2 Å². The summed E-state index contributed by atoms with van der Waals surface area (Å²) < 4.78 is 29.7. The monoisotopic (exact) mass is 298 g/mol. The van der Waals surface area contributed by atoms with Crippen molar-refractivity contribution in [1.82, 2.24) is 0 Å². The van der Waals surface area contributed by atoms with Crippen molar-refractivity contribution >= 4 is 27.5 Å². The number of carbonyl (C=O) groups excluding carboxylic acids is 1. The molecule has 0 atom stereocenters. The molecule has 0 radical (unpaired) electrons. The molecule has 110 valence electrons. The highest BCUT2D eigenvalue weighted by Gasteiger charge is 2.24. The molecule has 0 bridgehead atoms. The van der Waals surface area contributed by atoms with Crippen molar-refractivity contribution < 1.29 is 17.9 Å². The fourth-order valence-electron chi connectivity index (χ4n) is 2.27. The van der Waals surface area contributed by atoms with E-state index in [1.54, 1.807) is 25.1 Å². The number of amides is 1. The Bertz CT molecular complexity index is 613. The van der Waals surface area contributed by atoms with Crippen molar-refractivity contribution in [2.45, 2.75) is 19.8 Å². The van der Waals surface area contributed by atoms with Gasteiger partial charge in [-0.2, -0.15) is 0 Å². The number of fused-ring (bicyclic) bond motifs is 1. The van der Waals surface area contributed by atoms with Crippen LogP contribution in [0.2, 0.25) is 0 Å². The number of aryl methyl sites for hydroxylation is 1. The van der Waals surface area contributed by atoms with Crippen molar-refractivity contribution in [3.05, 3.63) is 23.8 Å². The lowest BCUT2D eigenvalue weighted by molar-refractivity contribution is 0.168. The molecule has 1 aliphatic heterocycles. The topological polar surface area (TPSA) is 75.7 Å². The van der Waals surface area contributed by atoms with E-state index in [9.17, 15) is 13.2 Å². The van der Waals surface area contributed by atoms with Crippen molar-refractivity contribution in [3.63, 3.8) is 0 Å². The Hall–Kier alpha value is -1.76. The number of nitrogens with one attached hydrogen (secondary N) is 1. The molecule has 0 aromatic heterocycles. The number of ether oxygens (including phenoxy) is 1. The largest absolute Gasteiger partial charge is 0.450 e. The first-order chi connectivity index (χ1) is 9.41. The molecule has 0 fully saturated rings. The van der Waals surface area contributed by atoms with Crippen molar-refractivity contribution in [2.24, 2.45) is 0 Å². The summed E-state index contributed by atoms with van der Waals surface area (Å²) in [6, 6.07) is 5.19. The number of sulfonamides is 1. The highest BCUT2D eigenvalue weighted by Crippen LogP contribution is 2.31. The molecular weight excluding hydrogens is 280 g/mol. The molecule has 1 aromatic rings. The molecule has 0 unspecified atom stereocenters. The van der Waals surface area contributed by atoms with E-state index in [4.69, 9.17) is 4.74 Å². The quantitative estimate of drug-likeness (QED) is 0.925. The Labute approximate surface area is 118 Å². The van der Waals surface area contributed by atoms with Gasteiger partial charge in [-0.05, 0) is 43.5 Å². The molecule has 6 nitrogen and oxygen atoms in total. The average molecular weight is 298 g/mol. The summed E-state index contributed by atoms with van der Waals surface area (Å²) in [6.07, 6.45) is 2.25. The predicted octanol–water partition coefficient (Wildman–Crippen LogP) is 1.97. The molecule has 1 aromatic carbocycles. The third-order valence-electron chi connectivity index (χ3n) is 3.08. The second kappa shape index (κ2) is 5.70. The number of hydrogen-bond donors (Lipinski definition) is 1. The summed E-state index contributed by atoms with van der Waals surface area (Å²) in [7, 11) is -3.26. The zero-order valence-electron chi connectivity index (χ0n) is 11.5. The molecule has 20 heavy (non-hydrogen) atoms. The fraction of sp³-hybridized carbons (Fsp3) is 0.462. The second-order valence-electron chi connectivity index (χ2n) is 4.63. The Morgan fingerprint density at radius 1 is 1.45 bits per heavy atom. The van der Waals surface area contributed by atoms with Crippen molar-refractivity contribution in [2.75, 3.05) is 29.0 Å². The maximum absolute atomic E-state index is 11.7. The Morgan fingerprint density at radius 3 is 2.85 bits per heavy atom. The van der Waals surface area contributed by atoms with Crippen LogP contribution >= 0.6 is 0 Å². The molecule has 0 saturated carbocycles. The van der Waals surface area contributed by atoms with Crippen molar-refractivity contribution in [3.8, 4) is 0 Å². The Kier molecular flexibility index (Phi) is 4.17. The maximum atomic E-state index is 11.7. The van der Waals surface area contributed by atoms with E-state index < -0.39 is 16.1 Å². The van der Waals surface area contributed by atoms with Gasteiger partial charge < -0.3 is 4.74 Å². The zero-order chi connectivity index (χ0) is 14.8. The molecule has 0 aliphatic carbocycles. The van der Waals surface area contributed by atoms with Crippen LogP contribution in [0.1, 0.15) is 18.9 Å². The Balaban J connectivity index is 2.26. The second-order valence-corrected chi connectivity index (χ2v) is 6.53. The van der Waals surface area contributed by atoms with E-state index in [1.165, 1.54) is 10.6 Å². The van der Waals surface area contributed by atoms with Crippen molar-refractivity contribution in [1.29, 1.82) is 0 Å². The first-order valence-electron chi connectivity index (χ1n) is 6.46. The molecule has 7 heteroatoms. The molecule has 1 heterocycles. The number of nitrogens with zero attached hydrogens (tertiary/aromatic N) is 1. The van der Waals surface area contributed by atoms with Crippen LogP contribution in [0.3, 0.4) is 0 Å².